The van der Waals surface area contributed by atoms with Gasteiger partial charge in [0.1, 0.15) is 0 Å². The fourth-order valence-electron chi connectivity index (χ4n) is 6.74. The molecule has 0 unspecified atom stereocenters. The van der Waals surface area contributed by atoms with Crippen LogP contribution in [0.1, 0.15) is 94.5 Å². The Kier molecular flexibility index (Phi) is 9.76. The van der Waals surface area contributed by atoms with Crippen LogP contribution in [0.25, 0.3) is 11.1 Å². The third-order valence-corrected chi connectivity index (χ3v) is 10.7. The quantitative estimate of drug-likeness (QED) is 0.273. The van der Waals surface area contributed by atoms with Crippen molar-refractivity contribution in [1.82, 2.24) is 9.88 Å². The van der Waals surface area contributed by atoms with Crippen LogP contribution in [0, 0.1) is 0 Å². The number of benzene rings is 1. The summed E-state index contributed by atoms with van der Waals surface area (Å²) in [6, 6.07) is 5.91. The van der Waals surface area contributed by atoms with E-state index in [1.807, 2.05) is 12.1 Å². The van der Waals surface area contributed by atoms with E-state index >= 15 is 0 Å². The number of likely N-dealkylation sites (tertiary alicyclic amines) is 1. The number of pyridine rings is 1. The van der Waals surface area contributed by atoms with E-state index in [0.29, 0.717) is 11.4 Å². The zero-order chi connectivity index (χ0) is 29.0. The van der Waals surface area contributed by atoms with E-state index in [1.54, 1.807) is 13.0 Å². The second-order valence-corrected chi connectivity index (χ2v) is 14.5. The van der Waals surface area contributed by atoms with Gasteiger partial charge in [-0.3, -0.25) is 14.4 Å². The van der Waals surface area contributed by atoms with E-state index in [9.17, 15) is 16.8 Å². The van der Waals surface area contributed by atoms with Crippen LogP contribution in [0.2, 0.25) is 0 Å². The van der Waals surface area contributed by atoms with E-state index in [-0.39, 0.29) is 17.7 Å². The molecule has 1 aliphatic heterocycles. The average molecular weight is 604 g/mol. The first kappa shape index (κ1) is 30.1. The van der Waals surface area contributed by atoms with Gasteiger partial charge >= 0.3 is 0 Å². The molecule has 3 N–H and O–H groups in total. The third kappa shape index (κ3) is 7.17. The lowest BCUT2D eigenvalue weighted by atomic mass is 9.81. The topological polar surface area (TPSA) is 120 Å². The van der Waals surface area contributed by atoms with E-state index in [4.69, 9.17) is 4.98 Å². The van der Waals surface area contributed by atoms with Gasteiger partial charge in [-0.15, -0.1) is 0 Å². The second kappa shape index (κ2) is 13.3. The van der Waals surface area contributed by atoms with Gasteiger partial charge in [-0.1, -0.05) is 26.2 Å². The van der Waals surface area contributed by atoms with Crippen molar-refractivity contribution in [2.24, 2.45) is 0 Å². The molecular weight excluding hydrogens is 558 g/mol. The molecule has 0 amide bonds. The predicted octanol–water partition coefficient (Wildman–Crippen LogP) is 5.27. The number of piperidine rings is 1. The number of hydrogen-bond donors (Lipinski definition) is 4. The van der Waals surface area contributed by atoms with Gasteiger partial charge in [0.2, 0.25) is 20.9 Å². The molecule has 41 heavy (non-hydrogen) atoms. The van der Waals surface area contributed by atoms with Gasteiger partial charge in [-0.25, -0.2) is 16.8 Å². The smallest absolute Gasteiger partial charge is 0.232 e. The monoisotopic (exact) mass is 603 g/mol. The van der Waals surface area contributed by atoms with Gasteiger partial charge in [-0.05, 0) is 88.6 Å². The third-order valence-electron chi connectivity index (χ3n) is 9.03. The zero-order valence-electron chi connectivity index (χ0n) is 24.4. The van der Waals surface area contributed by atoms with Crippen molar-refractivity contribution in [1.29, 1.82) is 0 Å². The predicted molar refractivity (Wildman–Crippen MR) is 168 cm³/mol. The number of thiol groups is 1. The molecule has 226 valence electrons. The molecule has 0 spiro atoms. The molecule has 1 saturated carbocycles. The fraction of sp³-hybridized carbons (Fsp3) is 0.633. The average Bonchev–Trinajstić information content (AvgIpc) is 2.98. The normalized spacial score (nSPS) is 19.2. The molecule has 1 saturated heterocycles. The summed E-state index contributed by atoms with van der Waals surface area (Å²) in [6.07, 6.45) is 11.2. The number of sulfonamides is 1. The maximum atomic E-state index is 12.5. The Balaban J connectivity index is 1.69. The van der Waals surface area contributed by atoms with Crippen molar-refractivity contribution in [2.75, 3.05) is 40.1 Å². The van der Waals surface area contributed by atoms with Crippen LogP contribution in [-0.4, -0.2) is 58.1 Å². The summed E-state index contributed by atoms with van der Waals surface area (Å²) in [5.41, 5.74) is 6.63. The van der Waals surface area contributed by atoms with E-state index in [2.05, 4.69) is 26.6 Å². The lowest BCUT2D eigenvalue weighted by molar-refractivity contribution is 0.229. The highest BCUT2D eigenvalue weighted by atomic mass is 32.2. The van der Waals surface area contributed by atoms with Crippen molar-refractivity contribution in [3.8, 4) is 11.1 Å². The number of rotatable bonds is 10. The Hall–Kier alpha value is -2.37. The molecule has 11 heteroatoms. The first-order valence-electron chi connectivity index (χ1n) is 15.4. The van der Waals surface area contributed by atoms with Crippen LogP contribution >= 0.6 is 0 Å². The summed E-state index contributed by atoms with van der Waals surface area (Å²) in [6.45, 7) is 6.90. The molecule has 2 aliphatic carbocycles. The summed E-state index contributed by atoms with van der Waals surface area (Å²) in [5.74, 6) is 0.168. The summed E-state index contributed by atoms with van der Waals surface area (Å²) >= 11 is 0. The summed E-state index contributed by atoms with van der Waals surface area (Å²) in [4.78, 5) is 7.62. The van der Waals surface area contributed by atoms with Gasteiger partial charge < -0.3 is 10.2 Å². The number of nitrogens with zero attached hydrogens (tertiary/aromatic N) is 2. The van der Waals surface area contributed by atoms with E-state index in [0.717, 1.165) is 118 Å². The summed E-state index contributed by atoms with van der Waals surface area (Å²) in [7, 11) is -6.42. The van der Waals surface area contributed by atoms with Crippen LogP contribution in [0.15, 0.2) is 18.2 Å². The molecule has 0 radical (unpaired) electrons. The van der Waals surface area contributed by atoms with Crippen LogP contribution in [0.4, 0.5) is 17.1 Å². The molecule has 2 heterocycles. The Labute approximate surface area is 247 Å². The summed E-state index contributed by atoms with van der Waals surface area (Å²) < 4.78 is 55.2. The first-order chi connectivity index (χ1) is 19.8. The lowest BCUT2D eigenvalue weighted by Gasteiger charge is -2.33. The van der Waals surface area contributed by atoms with Gasteiger partial charge in [0.25, 0.3) is 0 Å². The van der Waals surface area contributed by atoms with Gasteiger partial charge in [0, 0.05) is 53.2 Å². The van der Waals surface area contributed by atoms with Crippen LogP contribution in [0.3, 0.4) is 0 Å². The molecule has 0 bridgehead atoms. The Morgan fingerprint density at radius 1 is 0.976 bits per heavy atom. The van der Waals surface area contributed by atoms with Crippen LogP contribution in [-0.2, 0) is 33.8 Å². The SMILES string of the molecule is CCN1CCC(Nc2ccc(NS(=O)(=O)CC)cc2-c2c3c(nc(C4CCCCC4)c2N[SH](=O)=O)CCCC3)CC1. The zero-order valence-corrected chi connectivity index (χ0v) is 26.1. The van der Waals surface area contributed by atoms with Crippen LogP contribution in [0.5, 0.6) is 0 Å². The molecule has 2 fully saturated rings. The van der Waals surface area contributed by atoms with Crippen molar-refractivity contribution >= 4 is 38.0 Å². The minimum absolute atomic E-state index is 0.0295. The largest absolute Gasteiger partial charge is 0.382 e. The van der Waals surface area contributed by atoms with Gasteiger partial charge in [-0.2, -0.15) is 0 Å². The number of nitrogens with one attached hydrogen (secondary N) is 3. The minimum atomic E-state index is -3.49. The highest BCUT2D eigenvalue weighted by molar-refractivity contribution is 7.92. The molecule has 1 aromatic carbocycles. The molecule has 2 aromatic rings. The second-order valence-electron chi connectivity index (χ2n) is 11.7. The molecule has 0 atom stereocenters. The highest BCUT2D eigenvalue weighted by Gasteiger charge is 2.30. The highest BCUT2D eigenvalue weighted by Crippen LogP contribution is 2.46. The molecule has 3 aliphatic rings. The maximum Gasteiger partial charge on any atom is 0.232 e. The van der Waals surface area contributed by atoms with Crippen LogP contribution < -0.4 is 14.8 Å². The van der Waals surface area contributed by atoms with Crippen molar-refractivity contribution in [3.05, 3.63) is 35.2 Å². The standard InChI is InChI=1S/C30H45N5O4S2/c1-3-35-18-16-22(17-19-35)31-27-15-14-23(34-41(38,39)4-2)20-25(27)28-24-12-8-9-13-26(24)32-29(30(28)33-40(36)37)21-10-6-5-7-11-21/h14-15,20-22,31,34,40H,3-13,16-19H2,1-2H3,(H,33,36,37). The van der Waals surface area contributed by atoms with Gasteiger partial charge in [0.05, 0.1) is 17.1 Å². The Bertz CT molecular complexity index is 1400. The van der Waals surface area contributed by atoms with Gasteiger partial charge in [0.15, 0.2) is 0 Å². The molecule has 9 nitrogen and oxygen atoms in total. The molecule has 1 aromatic heterocycles. The van der Waals surface area contributed by atoms with Crippen molar-refractivity contribution in [2.45, 2.75) is 96.4 Å². The lowest BCUT2D eigenvalue weighted by Crippen LogP contribution is -2.38. The fourth-order valence-corrected chi connectivity index (χ4v) is 7.78. The van der Waals surface area contributed by atoms with Crippen molar-refractivity contribution < 1.29 is 16.8 Å². The molecular formula is C30H45N5O4S2. The number of aryl methyl sites for hydroxylation is 1. The van der Waals surface area contributed by atoms with Crippen molar-refractivity contribution in [3.63, 3.8) is 0 Å². The summed E-state index contributed by atoms with van der Waals surface area (Å²) in [5, 5.41) is 3.78. The molecule has 5 rings (SSSR count). The Morgan fingerprint density at radius 3 is 2.39 bits per heavy atom. The van der Waals surface area contributed by atoms with E-state index < -0.39 is 20.9 Å². The minimum Gasteiger partial charge on any atom is -0.382 e. The number of hydrogen-bond acceptors (Lipinski definition) is 7. The number of anilines is 3. The number of fused-ring (bicyclic) bond motifs is 1. The van der Waals surface area contributed by atoms with E-state index in [1.165, 1.54) is 6.42 Å². The number of aromatic nitrogens is 1. The maximum absolute atomic E-state index is 12.5. The Morgan fingerprint density at radius 2 is 1.71 bits per heavy atom. The first-order valence-corrected chi connectivity index (χ1v) is 18.2.